The molecule has 0 bridgehead atoms. The summed E-state index contributed by atoms with van der Waals surface area (Å²) in [7, 11) is -3.79. The van der Waals surface area contributed by atoms with Gasteiger partial charge >= 0.3 is 0 Å². The summed E-state index contributed by atoms with van der Waals surface area (Å²) < 4.78 is 27.0. The maximum atomic E-state index is 12.9. The number of sulfonamides is 1. The van der Waals surface area contributed by atoms with Gasteiger partial charge in [-0.25, -0.2) is 13.1 Å². The Hall–Kier alpha value is -4.28. The van der Waals surface area contributed by atoms with Crippen molar-refractivity contribution in [2.45, 2.75) is 11.8 Å². The van der Waals surface area contributed by atoms with Gasteiger partial charge in [-0.1, -0.05) is 49.4 Å². The van der Waals surface area contributed by atoms with Crippen LogP contribution in [0.1, 0.15) is 17.3 Å². The zero-order chi connectivity index (χ0) is 25.0. The lowest BCUT2D eigenvalue weighted by atomic mass is 10.0. The van der Waals surface area contributed by atoms with Crippen molar-refractivity contribution in [2.75, 3.05) is 11.9 Å². The second-order valence-electron chi connectivity index (χ2n) is 7.51. The third-order valence-electron chi connectivity index (χ3n) is 5.12. The fourth-order valence-corrected chi connectivity index (χ4v) is 4.50. The number of hydrogen-bond acceptors (Lipinski definition) is 7. The third-order valence-corrected chi connectivity index (χ3v) is 6.66. The molecular formula is C25H22N4O5S. The number of amides is 1. The van der Waals surface area contributed by atoms with Crippen molar-refractivity contribution in [3.8, 4) is 11.5 Å². The van der Waals surface area contributed by atoms with Crippen molar-refractivity contribution < 1.29 is 23.4 Å². The molecule has 0 aromatic heterocycles. The number of carbonyl (C=O) groups excluding carboxylic acids is 1. The molecule has 0 fully saturated rings. The summed E-state index contributed by atoms with van der Waals surface area (Å²) in [5.41, 5.74) is 0.415. The number of rotatable bonds is 7. The van der Waals surface area contributed by atoms with Crippen molar-refractivity contribution in [2.24, 2.45) is 10.2 Å². The van der Waals surface area contributed by atoms with E-state index in [1.807, 2.05) is 6.07 Å². The number of nitrogens with zero attached hydrogens (tertiary/aromatic N) is 2. The Balaban J connectivity index is 1.78. The molecule has 10 heteroatoms. The van der Waals surface area contributed by atoms with Crippen LogP contribution in [0.15, 0.2) is 94.0 Å². The van der Waals surface area contributed by atoms with Gasteiger partial charge in [-0.05, 0) is 41.8 Å². The first-order chi connectivity index (χ1) is 16.8. The minimum Gasteiger partial charge on any atom is -0.506 e. The SMILES string of the molecule is CCNS(=O)(=O)c1ccc(O)c(N=Nc2c(O)c(C(=O)Nc3ccccc3)cc3ccccc23)c1. The van der Waals surface area contributed by atoms with E-state index >= 15 is 0 Å². The number of anilines is 1. The summed E-state index contributed by atoms with van der Waals surface area (Å²) >= 11 is 0. The van der Waals surface area contributed by atoms with Crippen molar-refractivity contribution in [1.29, 1.82) is 0 Å². The number of hydrogen-bond donors (Lipinski definition) is 4. The highest BCUT2D eigenvalue weighted by Gasteiger charge is 2.19. The molecule has 0 aliphatic heterocycles. The molecule has 0 aliphatic carbocycles. The van der Waals surface area contributed by atoms with Gasteiger partial charge in [-0.15, -0.1) is 10.2 Å². The van der Waals surface area contributed by atoms with Gasteiger partial charge in [0.05, 0.1) is 10.5 Å². The molecule has 0 saturated carbocycles. The number of fused-ring (bicyclic) bond motifs is 1. The molecular weight excluding hydrogens is 468 g/mol. The Bertz CT molecular complexity index is 1540. The van der Waals surface area contributed by atoms with Crippen molar-refractivity contribution >= 4 is 43.8 Å². The predicted octanol–water partition coefficient (Wildman–Crippen LogP) is 5.22. The van der Waals surface area contributed by atoms with E-state index in [2.05, 4.69) is 20.3 Å². The normalized spacial score (nSPS) is 11.7. The Labute approximate surface area is 201 Å². The summed E-state index contributed by atoms with van der Waals surface area (Å²) in [6, 6.07) is 20.9. The standard InChI is InChI=1S/C25H22N4O5S/c1-2-26-35(33,34)18-12-13-22(30)21(15-18)28-29-23-19-11-7-6-8-16(19)14-20(24(23)31)25(32)27-17-9-4-3-5-10-17/h3-15,26,30-31H,2H2,1H3,(H,27,32). The zero-order valence-corrected chi connectivity index (χ0v) is 19.5. The largest absolute Gasteiger partial charge is 0.506 e. The van der Waals surface area contributed by atoms with Crippen LogP contribution in [0.3, 0.4) is 0 Å². The van der Waals surface area contributed by atoms with Crippen LogP contribution in [0.4, 0.5) is 17.1 Å². The molecule has 4 aromatic carbocycles. The quantitative estimate of drug-likeness (QED) is 0.263. The zero-order valence-electron chi connectivity index (χ0n) is 18.6. The Kier molecular flexibility index (Phi) is 6.76. The maximum Gasteiger partial charge on any atom is 0.259 e. The van der Waals surface area contributed by atoms with Crippen molar-refractivity contribution in [3.05, 3.63) is 84.4 Å². The maximum absolute atomic E-state index is 12.9. The third kappa shape index (κ3) is 5.13. The summed E-state index contributed by atoms with van der Waals surface area (Å²) in [4.78, 5) is 12.8. The summed E-state index contributed by atoms with van der Waals surface area (Å²) in [5.74, 6) is -1.25. The van der Waals surface area contributed by atoms with Crippen LogP contribution in [-0.4, -0.2) is 31.1 Å². The minimum absolute atomic E-state index is 0.000607. The van der Waals surface area contributed by atoms with E-state index in [0.29, 0.717) is 16.5 Å². The van der Waals surface area contributed by atoms with Crippen molar-refractivity contribution in [3.63, 3.8) is 0 Å². The first-order valence-corrected chi connectivity index (χ1v) is 12.1. The molecule has 9 nitrogen and oxygen atoms in total. The Morgan fingerprint density at radius 3 is 2.37 bits per heavy atom. The fraction of sp³-hybridized carbons (Fsp3) is 0.0800. The van der Waals surface area contributed by atoms with Gasteiger partial charge in [0, 0.05) is 17.6 Å². The highest BCUT2D eigenvalue weighted by Crippen LogP contribution is 2.40. The number of phenols is 2. The van der Waals surface area contributed by atoms with Crippen LogP contribution in [0.25, 0.3) is 10.8 Å². The van der Waals surface area contributed by atoms with Gasteiger partial charge in [0.2, 0.25) is 10.0 Å². The van der Waals surface area contributed by atoms with Crippen molar-refractivity contribution in [1.82, 2.24) is 4.72 Å². The topological polar surface area (TPSA) is 140 Å². The highest BCUT2D eigenvalue weighted by atomic mass is 32.2. The lowest BCUT2D eigenvalue weighted by Gasteiger charge is -2.11. The molecule has 35 heavy (non-hydrogen) atoms. The van der Waals surface area contributed by atoms with E-state index in [4.69, 9.17) is 0 Å². The molecule has 0 spiro atoms. The molecule has 4 N–H and O–H groups in total. The second-order valence-corrected chi connectivity index (χ2v) is 9.28. The van der Waals surface area contributed by atoms with E-state index in [1.54, 1.807) is 61.5 Å². The molecule has 0 heterocycles. The van der Waals surface area contributed by atoms with Crippen LogP contribution in [0.2, 0.25) is 0 Å². The number of aromatic hydroxyl groups is 2. The van der Waals surface area contributed by atoms with Gasteiger partial charge in [-0.2, -0.15) is 0 Å². The Morgan fingerprint density at radius 2 is 1.63 bits per heavy atom. The minimum atomic E-state index is -3.79. The number of nitrogens with one attached hydrogen (secondary N) is 2. The number of para-hydroxylation sites is 1. The monoisotopic (exact) mass is 490 g/mol. The van der Waals surface area contributed by atoms with E-state index < -0.39 is 21.7 Å². The molecule has 1 amide bonds. The second kappa shape index (κ2) is 9.92. The number of carbonyl (C=O) groups is 1. The van der Waals surface area contributed by atoms with Crippen LogP contribution in [-0.2, 0) is 10.0 Å². The van der Waals surface area contributed by atoms with Gasteiger partial charge in [0.15, 0.2) is 5.75 Å². The van der Waals surface area contributed by atoms with Crippen LogP contribution >= 0.6 is 0 Å². The van der Waals surface area contributed by atoms with Crippen LogP contribution in [0.5, 0.6) is 11.5 Å². The number of azo groups is 1. The van der Waals surface area contributed by atoms with E-state index in [1.165, 1.54) is 18.2 Å². The predicted molar refractivity (Wildman–Crippen MR) is 133 cm³/mol. The van der Waals surface area contributed by atoms with Crippen LogP contribution in [0, 0.1) is 0 Å². The fourth-order valence-electron chi connectivity index (χ4n) is 3.44. The average molecular weight is 491 g/mol. The molecule has 4 aromatic rings. The van der Waals surface area contributed by atoms with E-state index in [0.717, 1.165) is 0 Å². The molecule has 0 atom stereocenters. The molecule has 0 saturated heterocycles. The van der Waals surface area contributed by atoms with Crippen LogP contribution < -0.4 is 10.0 Å². The van der Waals surface area contributed by atoms with Gasteiger partial charge in [0.25, 0.3) is 5.91 Å². The van der Waals surface area contributed by atoms with Gasteiger partial charge < -0.3 is 15.5 Å². The molecule has 0 aliphatic rings. The smallest absolute Gasteiger partial charge is 0.259 e. The van der Waals surface area contributed by atoms with Gasteiger partial charge in [0.1, 0.15) is 17.1 Å². The Morgan fingerprint density at radius 1 is 0.914 bits per heavy atom. The average Bonchev–Trinajstić information content (AvgIpc) is 2.84. The van der Waals surface area contributed by atoms with E-state index in [-0.39, 0.29) is 34.1 Å². The molecule has 178 valence electrons. The number of phenolic OH excluding ortho intramolecular Hbond substituents is 2. The molecule has 0 unspecified atom stereocenters. The lowest BCUT2D eigenvalue weighted by molar-refractivity contribution is 0.102. The first-order valence-electron chi connectivity index (χ1n) is 10.7. The van der Waals surface area contributed by atoms with E-state index in [9.17, 15) is 23.4 Å². The highest BCUT2D eigenvalue weighted by molar-refractivity contribution is 7.89. The summed E-state index contributed by atoms with van der Waals surface area (Å²) in [6.07, 6.45) is 0. The number of benzene rings is 4. The summed E-state index contributed by atoms with van der Waals surface area (Å²) in [6.45, 7) is 1.84. The molecule has 4 rings (SSSR count). The first kappa shape index (κ1) is 23.9. The lowest BCUT2D eigenvalue weighted by Crippen LogP contribution is -2.22. The molecule has 0 radical (unpaired) electrons. The summed E-state index contributed by atoms with van der Waals surface area (Å²) in [5, 5.41) is 33.1. The van der Waals surface area contributed by atoms with Gasteiger partial charge in [-0.3, -0.25) is 4.79 Å².